The molecule has 4 atom stereocenters. The van der Waals surface area contributed by atoms with E-state index in [1.54, 1.807) is 0 Å². The smallest absolute Gasteiger partial charge is 0.0750 e. The van der Waals surface area contributed by atoms with E-state index >= 15 is 0 Å². The van der Waals surface area contributed by atoms with Crippen LogP contribution in [0.25, 0.3) is 0 Å². The summed E-state index contributed by atoms with van der Waals surface area (Å²) in [5, 5.41) is 4.95. The van der Waals surface area contributed by atoms with Crippen LogP contribution < -0.4 is 0 Å². The van der Waals surface area contributed by atoms with Gasteiger partial charge in [-0.25, -0.2) is 10.0 Å². The van der Waals surface area contributed by atoms with E-state index in [-0.39, 0.29) is 0 Å². The van der Waals surface area contributed by atoms with Crippen LogP contribution in [0.5, 0.6) is 0 Å². The summed E-state index contributed by atoms with van der Waals surface area (Å²) in [5.74, 6) is 0. The number of likely N-dealkylation sites (tertiary alicyclic amines) is 1. The molecule has 0 amide bonds. The van der Waals surface area contributed by atoms with Crippen molar-refractivity contribution >= 4 is 0 Å². The summed E-state index contributed by atoms with van der Waals surface area (Å²) in [6.45, 7) is 6.91. The van der Waals surface area contributed by atoms with E-state index in [1.807, 2.05) is 7.11 Å². The predicted molar refractivity (Wildman–Crippen MR) is 69.8 cm³/mol. The zero-order valence-corrected chi connectivity index (χ0v) is 11.9. The molecule has 2 aliphatic heterocycles. The zero-order chi connectivity index (χ0) is 12.6. The Morgan fingerprint density at radius 1 is 1.29 bits per heavy atom. The Balaban J connectivity index is 1.95. The van der Waals surface area contributed by atoms with E-state index in [0.29, 0.717) is 24.2 Å². The second kappa shape index (κ2) is 5.22. The summed E-state index contributed by atoms with van der Waals surface area (Å²) in [7, 11) is 6.30. The van der Waals surface area contributed by atoms with Crippen molar-refractivity contribution in [1.29, 1.82) is 0 Å². The molecule has 0 aliphatic carbocycles. The Hall–Kier alpha value is -0.160. The van der Waals surface area contributed by atoms with Gasteiger partial charge in [0.15, 0.2) is 0 Å². The van der Waals surface area contributed by atoms with Gasteiger partial charge in [-0.05, 0) is 33.7 Å². The van der Waals surface area contributed by atoms with Crippen LogP contribution in [-0.4, -0.2) is 73.4 Å². The molecule has 100 valence electrons. The molecule has 2 heterocycles. The van der Waals surface area contributed by atoms with Gasteiger partial charge in [-0.3, -0.25) is 0 Å². The fourth-order valence-corrected chi connectivity index (χ4v) is 3.30. The number of methoxy groups -OCH3 is 1. The van der Waals surface area contributed by atoms with Crippen molar-refractivity contribution in [3.8, 4) is 0 Å². The van der Waals surface area contributed by atoms with Gasteiger partial charge in [0.2, 0.25) is 0 Å². The number of hydrogen-bond donors (Lipinski definition) is 0. The lowest BCUT2D eigenvalue weighted by Crippen LogP contribution is -2.50. The van der Waals surface area contributed by atoms with Crippen LogP contribution in [0.1, 0.15) is 26.7 Å². The SMILES string of the molecule is COC1CCN(N(C)C2CC(C)N(C)C2)[C@H]1C. The van der Waals surface area contributed by atoms with Gasteiger partial charge in [0.1, 0.15) is 0 Å². The minimum atomic E-state index is 0.397. The molecule has 2 saturated heterocycles. The third kappa shape index (κ3) is 2.50. The van der Waals surface area contributed by atoms with E-state index in [1.165, 1.54) is 13.0 Å². The Bertz CT molecular complexity index is 251. The number of likely N-dealkylation sites (N-methyl/N-ethyl adjacent to an activating group) is 2. The molecular weight excluding hydrogens is 214 g/mol. The van der Waals surface area contributed by atoms with Crippen LogP contribution >= 0.6 is 0 Å². The van der Waals surface area contributed by atoms with E-state index in [4.69, 9.17) is 4.74 Å². The molecule has 0 spiro atoms. The first-order valence-electron chi connectivity index (χ1n) is 6.77. The first-order valence-corrected chi connectivity index (χ1v) is 6.77. The second-order valence-electron chi connectivity index (χ2n) is 5.72. The molecule has 2 rings (SSSR count). The molecule has 0 N–H and O–H groups in total. The molecule has 0 radical (unpaired) electrons. The monoisotopic (exact) mass is 241 g/mol. The fraction of sp³-hybridized carbons (Fsp3) is 1.00. The number of ether oxygens (including phenoxy) is 1. The summed E-state index contributed by atoms with van der Waals surface area (Å²) in [6, 6.07) is 1.87. The van der Waals surface area contributed by atoms with Crippen molar-refractivity contribution in [2.24, 2.45) is 0 Å². The average Bonchev–Trinajstić information content (AvgIpc) is 2.82. The first-order chi connectivity index (χ1) is 8.04. The third-order valence-electron chi connectivity index (χ3n) is 4.75. The van der Waals surface area contributed by atoms with Gasteiger partial charge in [-0.15, -0.1) is 0 Å². The van der Waals surface area contributed by atoms with Gasteiger partial charge in [0, 0.05) is 45.4 Å². The lowest BCUT2D eigenvalue weighted by Gasteiger charge is -2.36. The molecule has 2 aliphatic rings. The highest BCUT2D eigenvalue weighted by Gasteiger charge is 2.38. The summed E-state index contributed by atoms with van der Waals surface area (Å²) >= 11 is 0. The van der Waals surface area contributed by atoms with Gasteiger partial charge in [-0.2, -0.15) is 0 Å². The highest BCUT2D eigenvalue weighted by atomic mass is 16.5. The Morgan fingerprint density at radius 3 is 2.47 bits per heavy atom. The van der Waals surface area contributed by atoms with Gasteiger partial charge in [0.05, 0.1) is 6.10 Å². The van der Waals surface area contributed by atoms with Gasteiger partial charge < -0.3 is 9.64 Å². The molecule has 0 saturated carbocycles. The molecule has 4 heteroatoms. The topological polar surface area (TPSA) is 19.0 Å². The van der Waals surface area contributed by atoms with Crippen LogP contribution in [0, 0.1) is 0 Å². The minimum Gasteiger partial charge on any atom is -0.380 e. The predicted octanol–water partition coefficient (Wildman–Crippen LogP) is 1.04. The van der Waals surface area contributed by atoms with Gasteiger partial charge in [0.25, 0.3) is 0 Å². The molecule has 4 nitrogen and oxygen atoms in total. The van der Waals surface area contributed by atoms with Crippen molar-refractivity contribution in [2.45, 2.75) is 50.9 Å². The Kier molecular flexibility index (Phi) is 4.08. The highest BCUT2D eigenvalue weighted by molar-refractivity contribution is 4.89. The van der Waals surface area contributed by atoms with E-state index in [9.17, 15) is 0 Å². The van der Waals surface area contributed by atoms with E-state index in [2.05, 4.69) is 42.9 Å². The molecule has 0 aromatic carbocycles. The second-order valence-corrected chi connectivity index (χ2v) is 5.72. The number of nitrogens with zero attached hydrogens (tertiary/aromatic N) is 3. The maximum absolute atomic E-state index is 5.53. The highest BCUT2D eigenvalue weighted by Crippen LogP contribution is 2.26. The molecule has 0 aromatic rings. The Morgan fingerprint density at radius 2 is 2.00 bits per heavy atom. The third-order valence-corrected chi connectivity index (χ3v) is 4.75. The van der Waals surface area contributed by atoms with Crippen molar-refractivity contribution in [3.05, 3.63) is 0 Å². The molecule has 3 unspecified atom stereocenters. The summed E-state index contributed by atoms with van der Waals surface area (Å²) < 4.78 is 5.53. The normalized spacial score (nSPS) is 40.6. The molecule has 2 fully saturated rings. The van der Waals surface area contributed by atoms with E-state index < -0.39 is 0 Å². The molecule has 17 heavy (non-hydrogen) atoms. The van der Waals surface area contributed by atoms with Crippen LogP contribution in [0.2, 0.25) is 0 Å². The van der Waals surface area contributed by atoms with Gasteiger partial charge >= 0.3 is 0 Å². The van der Waals surface area contributed by atoms with Gasteiger partial charge in [-0.1, -0.05) is 0 Å². The number of rotatable bonds is 3. The Labute approximate surface area is 105 Å². The maximum atomic E-state index is 5.53. The average molecular weight is 241 g/mol. The van der Waals surface area contributed by atoms with Crippen molar-refractivity contribution < 1.29 is 4.74 Å². The van der Waals surface area contributed by atoms with Crippen molar-refractivity contribution in [3.63, 3.8) is 0 Å². The van der Waals surface area contributed by atoms with Crippen LogP contribution in [0.3, 0.4) is 0 Å². The minimum absolute atomic E-state index is 0.397. The van der Waals surface area contributed by atoms with E-state index in [0.717, 1.165) is 13.0 Å². The van der Waals surface area contributed by atoms with Crippen molar-refractivity contribution in [1.82, 2.24) is 14.9 Å². The molecule has 0 aromatic heterocycles. The lowest BCUT2D eigenvalue weighted by atomic mass is 10.2. The molecule has 0 bridgehead atoms. The fourth-order valence-electron chi connectivity index (χ4n) is 3.30. The zero-order valence-electron chi connectivity index (χ0n) is 11.9. The van der Waals surface area contributed by atoms with Crippen LogP contribution in [0.15, 0.2) is 0 Å². The molecular formula is C13H27N3O. The maximum Gasteiger partial charge on any atom is 0.0750 e. The lowest BCUT2D eigenvalue weighted by molar-refractivity contribution is -0.0602. The number of hydrazine groups is 1. The van der Waals surface area contributed by atoms with Crippen LogP contribution in [-0.2, 0) is 4.74 Å². The quantitative estimate of drug-likeness (QED) is 0.735. The standard InChI is InChI=1S/C13H27N3O/c1-10-8-12(9-14(10)3)15(4)16-7-6-13(17-5)11(16)2/h10-13H,6-9H2,1-5H3/t10?,11-,12?,13?/m0/s1. The van der Waals surface area contributed by atoms with Crippen molar-refractivity contribution in [2.75, 3.05) is 34.3 Å². The largest absolute Gasteiger partial charge is 0.380 e. The summed E-state index contributed by atoms with van der Waals surface area (Å²) in [4.78, 5) is 2.45. The van der Waals surface area contributed by atoms with Crippen LogP contribution in [0.4, 0.5) is 0 Å². The number of hydrogen-bond acceptors (Lipinski definition) is 4. The summed E-state index contributed by atoms with van der Waals surface area (Å²) in [6.07, 6.45) is 2.82. The summed E-state index contributed by atoms with van der Waals surface area (Å²) in [5.41, 5.74) is 0. The first kappa shape index (κ1) is 13.3.